The van der Waals surface area contributed by atoms with E-state index in [9.17, 15) is 4.39 Å². The molecule has 0 atom stereocenters. The monoisotopic (exact) mass is 840 g/mol. The molecule has 0 aliphatic carbocycles. The number of furan rings is 1. The number of aromatic nitrogens is 4. The van der Waals surface area contributed by atoms with E-state index in [1.165, 1.54) is 22.9 Å². The summed E-state index contributed by atoms with van der Waals surface area (Å²) in [6.07, 6.45) is 5.30. The first-order chi connectivity index (χ1) is 24.9. The molecule has 0 aliphatic rings. The van der Waals surface area contributed by atoms with Crippen molar-refractivity contribution in [2.75, 3.05) is 0 Å². The summed E-state index contributed by atoms with van der Waals surface area (Å²) < 4.78 is 44.1. The number of imidazole rings is 1. The molecule has 8 aromatic rings. The Kier molecular flexibility index (Phi) is 8.99. The number of fused-ring (bicyclic) bond motifs is 4. The molecule has 4 heterocycles. The number of para-hydroxylation sites is 2. The molecule has 253 valence electrons. The molecule has 7 heteroatoms. The second-order valence-corrected chi connectivity index (χ2v) is 12.8. The number of nitrogens with zero attached hydrogens (tertiary/aromatic N) is 4. The van der Waals surface area contributed by atoms with Gasteiger partial charge < -0.3 is 14.0 Å². The van der Waals surface area contributed by atoms with E-state index in [0.717, 1.165) is 56.0 Å². The van der Waals surface area contributed by atoms with Gasteiger partial charge in [-0.3, -0.25) is 14.4 Å². The van der Waals surface area contributed by atoms with Crippen molar-refractivity contribution < 1.29 is 33.0 Å². The normalized spacial score (nSPS) is 12.4. The summed E-state index contributed by atoms with van der Waals surface area (Å²) >= 11 is 0. The molecule has 0 N–H and O–H groups in total. The van der Waals surface area contributed by atoms with Crippen LogP contribution in [0, 0.1) is 31.7 Å². The molecule has 4 aromatic carbocycles. The molecular weight excluding hydrogens is 800 g/mol. The molecule has 50 heavy (non-hydrogen) atoms. The fraction of sp³-hybridized carbons (Fsp3) is 0.186. The number of hydrogen-bond donors (Lipinski definition) is 0. The summed E-state index contributed by atoms with van der Waals surface area (Å²) in [5, 5.41) is 2.17. The Morgan fingerprint density at radius 1 is 0.840 bits per heavy atom. The number of pyridine rings is 2. The van der Waals surface area contributed by atoms with Crippen molar-refractivity contribution in [2.45, 2.75) is 53.3 Å². The quantitative estimate of drug-likeness (QED) is 0.162. The molecule has 0 unspecified atom stereocenters. The third-order valence-corrected chi connectivity index (χ3v) is 8.65. The maximum atomic E-state index is 13.8. The van der Waals surface area contributed by atoms with E-state index in [1.54, 1.807) is 12.3 Å². The minimum absolute atomic E-state index is 0. The van der Waals surface area contributed by atoms with E-state index in [-0.39, 0.29) is 31.2 Å². The third-order valence-electron chi connectivity index (χ3n) is 8.65. The summed E-state index contributed by atoms with van der Waals surface area (Å²) in [6, 6.07) is 32.8. The minimum Gasteiger partial charge on any atom is -0.501 e. The van der Waals surface area contributed by atoms with Gasteiger partial charge in [0.15, 0.2) is 0 Å². The minimum atomic E-state index is -2.32. The molecule has 0 bridgehead atoms. The van der Waals surface area contributed by atoms with Gasteiger partial charge in [-0.25, -0.2) is 0 Å². The molecule has 0 saturated carbocycles. The van der Waals surface area contributed by atoms with Gasteiger partial charge in [-0.1, -0.05) is 99.6 Å². The van der Waals surface area contributed by atoms with Crippen LogP contribution in [0.1, 0.15) is 65.9 Å². The van der Waals surface area contributed by atoms with E-state index in [1.807, 2.05) is 55.7 Å². The van der Waals surface area contributed by atoms with Gasteiger partial charge in [0.1, 0.15) is 5.58 Å². The number of aryl methyl sites for hydroxylation is 2. The van der Waals surface area contributed by atoms with Crippen molar-refractivity contribution in [3.05, 3.63) is 144 Å². The third kappa shape index (κ3) is 6.51. The summed E-state index contributed by atoms with van der Waals surface area (Å²) in [5.74, 6) is 0.904. The average molecular weight is 840 g/mol. The SMILES string of the molecule is CC(C)c1cccc(C(C)C)c1-n1c(-c2[c-]ccc3c2oc2ccccc23)nc2cnccc21.[2H]C([2H])([2H])c1c[c-]c(-c2ccc(C)cn2)c(F)c1.[Ir]. The maximum Gasteiger partial charge on any atom is 0.120 e. The summed E-state index contributed by atoms with van der Waals surface area (Å²) in [5.41, 5.74) is 9.73. The number of rotatable bonds is 5. The van der Waals surface area contributed by atoms with Crippen LogP contribution in [0.5, 0.6) is 0 Å². The Balaban J connectivity index is 0.000000215. The summed E-state index contributed by atoms with van der Waals surface area (Å²) in [6.45, 7) is 8.54. The molecule has 1 radical (unpaired) electrons. The molecule has 8 rings (SSSR count). The first kappa shape index (κ1) is 31.0. The fourth-order valence-electron chi connectivity index (χ4n) is 6.23. The van der Waals surface area contributed by atoms with E-state index in [4.69, 9.17) is 13.5 Å². The molecular formula is C43H37FIrN4O-2. The van der Waals surface area contributed by atoms with Gasteiger partial charge in [0, 0.05) is 53.5 Å². The maximum absolute atomic E-state index is 13.8. The van der Waals surface area contributed by atoms with Crippen LogP contribution in [0.4, 0.5) is 4.39 Å². The second-order valence-electron chi connectivity index (χ2n) is 12.8. The van der Waals surface area contributed by atoms with Gasteiger partial charge in [0.25, 0.3) is 0 Å². The van der Waals surface area contributed by atoms with Crippen LogP contribution in [-0.4, -0.2) is 19.5 Å². The molecule has 0 fully saturated rings. The Morgan fingerprint density at radius 3 is 2.32 bits per heavy atom. The van der Waals surface area contributed by atoms with Crippen molar-refractivity contribution in [1.82, 2.24) is 19.5 Å². The van der Waals surface area contributed by atoms with Gasteiger partial charge >= 0.3 is 0 Å². The zero-order valence-corrected chi connectivity index (χ0v) is 30.8. The van der Waals surface area contributed by atoms with Crippen LogP contribution < -0.4 is 0 Å². The van der Waals surface area contributed by atoms with E-state index in [2.05, 4.69) is 84.7 Å². The van der Waals surface area contributed by atoms with E-state index < -0.39 is 12.7 Å². The van der Waals surface area contributed by atoms with Crippen molar-refractivity contribution in [3.63, 3.8) is 0 Å². The zero-order valence-electron chi connectivity index (χ0n) is 31.4. The predicted octanol–water partition coefficient (Wildman–Crippen LogP) is 11.3. The van der Waals surface area contributed by atoms with Crippen molar-refractivity contribution in [3.8, 4) is 28.3 Å². The van der Waals surface area contributed by atoms with Gasteiger partial charge in [0.05, 0.1) is 28.6 Å². The number of halogens is 1. The molecule has 4 aromatic heterocycles. The van der Waals surface area contributed by atoms with Gasteiger partial charge in [0.2, 0.25) is 0 Å². The summed E-state index contributed by atoms with van der Waals surface area (Å²) in [7, 11) is 0. The smallest absolute Gasteiger partial charge is 0.120 e. The predicted molar refractivity (Wildman–Crippen MR) is 197 cm³/mol. The van der Waals surface area contributed by atoms with Crippen molar-refractivity contribution in [2.24, 2.45) is 0 Å². The van der Waals surface area contributed by atoms with E-state index >= 15 is 0 Å². The van der Waals surface area contributed by atoms with Crippen molar-refractivity contribution in [1.29, 1.82) is 0 Å². The van der Waals surface area contributed by atoms with Gasteiger partial charge in [-0.2, -0.15) is 0 Å². The van der Waals surface area contributed by atoms with Gasteiger partial charge in [-0.15, -0.1) is 42.0 Å². The Hall–Kier alpha value is -4.97. The second kappa shape index (κ2) is 14.5. The largest absolute Gasteiger partial charge is 0.501 e. The molecule has 0 amide bonds. The van der Waals surface area contributed by atoms with Crippen LogP contribution in [0.2, 0.25) is 0 Å². The number of hydrogen-bond acceptors (Lipinski definition) is 4. The molecule has 0 spiro atoms. The Morgan fingerprint density at radius 2 is 1.62 bits per heavy atom. The first-order valence-electron chi connectivity index (χ1n) is 17.8. The molecule has 5 nitrogen and oxygen atoms in total. The first-order valence-corrected chi connectivity index (χ1v) is 16.3. The fourth-order valence-corrected chi connectivity index (χ4v) is 6.23. The standard InChI is InChI=1S/C30H26N3O.C13H11FN.Ir/c1-18(2)20-10-7-11-21(19(3)4)28(20)33-26-15-16-31-17-25(26)32-30(33)24-13-8-12-23-22-9-5-6-14-27(22)34-29(23)24;1-9-3-5-11(12(14)7-9)13-6-4-10(2)8-15-13;/h5-12,14-19H,1-4H3;3-4,6-8H,1-2H3;/q2*-1;/i;1D3;. The van der Waals surface area contributed by atoms with Crippen LogP contribution in [0.15, 0.2) is 108 Å². The topological polar surface area (TPSA) is 56.7 Å². The average Bonchev–Trinajstić information content (AvgIpc) is 3.70. The Labute approximate surface area is 309 Å². The van der Waals surface area contributed by atoms with Crippen LogP contribution in [0.3, 0.4) is 0 Å². The van der Waals surface area contributed by atoms with Crippen molar-refractivity contribution >= 4 is 33.0 Å². The van der Waals surface area contributed by atoms with Gasteiger partial charge in [-0.05, 0) is 53.3 Å². The summed E-state index contributed by atoms with van der Waals surface area (Å²) in [4.78, 5) is 13.5. The van der Waals surface area contributed by atoms with Crippen LogP contribution in [0.25, 0.3) is 61.3 Å². The molecule has 0 aliphatic heterocycles. The van der Waals surface area contributed by atoms with Crippen LogP contribution in [-0.2, 0) is 20.1 Å². The zero-order chi connectivity index (χ0) is 36.7. The van der Waals surface area contributed by atoms with Crippen LogP contribution >= 0.6 is 0 Å². The van der Waals surface area contributed by atoms with E-state index in [0.29, 0.717) is 17.5 Å². The number of benzene rings is 4. The Bertz CT molecular complexity index is 2530. The molecule has 0 saturated heterocycles.